The molecule has 0 fully saturated rings. The fraction of sp³-hybridized carbons (Fsp3) is 0.500. The molecule has 1 unspecified atom stereocenters. The highest BCUT2D eigenvalue weighted by Crippen LogP contribution is 2.32. The Morgan fingerprint density at radius 1 is 1.33 bits per heavy atom. The van der Waals surface area contributed by atoms with Gasteiger partial charge in [0.1, 0.15) is 6.04 Å². The van der Waals surface area contributed by atoms with Crippen molar-refractivity contribution in [3.05, 3.63) is 28.2 Å². The number of amides is 1. The molecule has 1 aromatic carbocycles. The number of carbonyl (C=O) groups excluding carboxylic acids is 1. The van der Waals surface area contributed by atoms with Gasteiger partial charge in [-0.1, -0.05) is 42.1 Å². The highest BCUT2D eigenvalue weighted by atomic mass is 79.9. The fourth-order valence-corrected chi connectivity index (χ4v) is 2.61. The number of hydrogen-bond donors (Lipinski definition) is 2. The van der Waals surface area contributed by atoms with Crippen molar-refractivity contribution in [2.45, 2.75) is 38.6 Å². The molecular weight excluding hydrogens is 292 g/mol. The molecule has 98 valence electrons. The molecule has 1 aliphatic heterocycles. The van der Waals surface area contributed by atoms with Crippen molar-refractivity contribution >= 4 is 27.5 Å². The second-order valence-electron chi connectivity index (χ2n) is 4.67. The Morgan fingerprint density at radius 2 is 2.17 bits per heavy atom. The Balaban J connectivity index is 1.93. The summed E-state index contributed by atoms with van der Waals surface area (Å²) >= 11 is 3.45. The molecule has 3 nitrogen and oxygen atoms in total. The summed E-state index contributed by atoms with van der Waals surface area (Å²) in [5.41, 5.74) is 1.97. The lowest BCUT2D eigenvalue weighted by atomic mass is 10.1. The molecule has 0 radical (unpaired) electrons. The van der Waals surface area contributed by atoms with E-state index >= 15 is 0 Å². The summed E-state index contributed by atoms with van der Waals surface area (Å²) in [7, 11) is 0. The summed E-state index contributed by atoms with van der Waals surface area (Å²) in [4.78, 5) is 11.9. The van der Waals surface area contributed by atoms with Crippen LogP contribution in [-0.2, 0) is 4.79 Å². The second kappa shape index (κ2) is 6.34. The molecule has 0 saturated heterocycles. The number of nitrogens with one attached hydrogen (secondary N) is 2. The number of fused-ring (bicyclic) bond motifs is 1. The molecule has 0 bridgehead atoms. The van der Waals surface area contributed by atoms with Gasteiger partial charge in [-0.3, -0.25) is 4.79 Å². The molecule has 0 aromatic heterocycles. The monoisotopic (exact) mass is 310 g/mol. The van der Waals surface area contributed by atoms with Crippen molar-refractivity contribution < 1.29 is 4.79 Å². The van der Waals surface area contributed by atoms with Gasteiger partial charge in [-0.15, -0.1) is 0 Å². The number of anilines is 1. The van der Waals surface area contributed by atoms with Gasteiger partial charge in [0.2, 0.25) is 5.91 Å². The van der Waals surface area contributed by atoms with Crippen LogP contribution in [0.3, 0.4) is 0 Å². The van der Waals surface area contributed by atoms with E-state index in [0.29, 0.717) is 0 Å². The Bertz CT molecular complexity index is 434. The van der Waals surface area contributed by atoms with Crippen LogP contribution < -0.4 is 10.6 Å². The van der Waals surface area contributed by atoms with Crippen molar-refractivity contribution in [1.29, 1.82) is 0 Å². The smallest absolute Gasteiger partial charge is 0.246 e. The third-order valence-electron chi connectivity index (χ3n) is 3.22. The molecule has 1 aromatic rings. The van der Waals surface area contributed by atoms with Gasteiger partial charge in [0.15, 0.2) is 0 Å². The number of hydrogen-bond acceptors (Lipinski definition) is 2. The normalized spacial score (nSPS) is 17.7. The van der Waals surface area contributed by atoms with Crippen LogP contribution in [0.5, 0.6) is 0 Å². The quantitative estimate of drug-likeness (QED) is 0.788. The average Bonchev–Trinajstić information content (AvgIpc) is 2.65. The molecule has 2 N–H and O–H groups in total. The first-order valence-corrected chi connectivity index (χ1v) is 7.35. The van der Waals surface area contributed by atoms with Crippen molar-refractivity contribution in [3.63, 3.8) is 0 Å². The van der Waals surface area contributed by atoms with Crippen LogP contribution in [0.4, 0.5) is 5.69 Å². The lowest BCUT2D eigenvalue weighted by molar-refractivity contribution is -0.117. The van der Waals surface area contributed by atoms with E-state index in [1.54, 1.807) is 0 Å². The highest BCUT2D eigenvalue weighted by Gasteiger charge is 2.29. The van der Waals surface area contributed by atoms with Gasteiger partial charge in [0.25, 0.3) is 0 Å². The zero-order chi connectivity index (χ0) is 13.0. The maximum atomic E-state index is 11.9. The van der Waals surface area contributed by atoms with E-state index in [0.717, 1.165) is 28.7 Å². The minimum Gasteiger partial charge on any atom is -0.324 e. The third kappa shape index (κ3) is 3.12. The Kier molecular flexibility index (Phi) is 4.78. The summed E-state index contributed by atoms with van der Waals surface area (Å²) in [6.45, 7) is 3.09. The van der Waals surface area contributed by atoms with Crippen LogP contribution in [0.25, 0.3) is 0 Å². The predicted molar refractivity (Wildman–Crippen MR) is 77.7 cm³/mol. The van der Waals surface area contributed by atoms with Gasteiger partial charge in [-0.2, -0.15) is 0 Å². The number of rotatable bonds is 6. The summed E-state index contributed by atoms with van der Waals surface area (Å²) in [6.07, 6.45) is 4.85. The van der Waals surface area contributed by atoms with Crippen molar-refractivity contribution in [2.75, 3.05) is 11.9 Å². The van der Waals surface area contributed by atoms with Crippen LogP contribution in [0, 0.1) is 0 Å². The van der Waals surface area contributed by atoms with Crippen LogP contribution in [-0.4, -0.2) is 12.5 Å². The Labute approximate surface area is 116 Å². The Morgan fingerprint density at radius 3 is 2.94 bits per heavy atom. The van der Waals surface area contributed by atoms with Gasteiger partial charge in [-0.05, 0) is 31.2 Å². The zero-order valence-corrected chi connectivity index (χ0v) is 12.2. The van der Waals surface area contributed by atoms with E-state index < -0.39 is 0 Å². The summed E-state index contributed by atoms with van der Waals surface area (Å²) in [6, 6.07) is 5.70. The molecule has 0 spiro atoms. The largest absolute Gasteiger partial charge is 0.324 e. The first-order valence-electron chi connectivity index (χ1n) is 6.56. The number of benzene rings is 1. The van der Waals surface area contributed by atoms with Gasteiger partial charge < -0.3 is 10.6 Å². The zero-order valence-electron chi connectivity index (χ0n) is 10.6. The lowest BCUT2D eigenvalue weighted by Crippen LogP contribution is -2.28. The van der Waals surface area contributed by atoms with Gasteiger partial charge >= 0.3 is 0 Å². The van der Waals surface area contributed by atoms with E-state index in [1.807, 2.05) is 18.2 Å². The highest BCUT2D eigenvalue weighted by molar-refractivity contribution is 9.10. The molecular formula is C14H19BrN2O. The molecule has 1 aliphatic rings. The predicted octanol–water partition coefficient (Wildman–Crippen LogP) is 3.61. The number of unbranched alkanes of at least 4 members (excludes halogenated alkanes) is 3. The van der Waals surface area contributed by atoms with Crippen LogP contribution in [0.1, 0.15) is 44.2 Å². The summed E-state index contributed by atoms with van der Waals surface area (Å²) in [5, 5.41) is 6.25. The van der Waals surface area contributed by atoms with E-state index in [1.165, 1.54) is 19.3 Å². The van der Waals surface area contributed by atoms with Crippen LogP contribution >= 0.6 is 15.9 Å². The maximum Gasteiger partial charge on any atom is 0.246 e. The van der Waals surface area contributed by atoms with E-state index in [4.69, 9.17) is 0 Å². The minimum atomic E-state index is -0.195. The van der Waals surface area contributed by atoms with Crippen LogP contribution in [0.2, 0.25) is 0 Å². The van der Waals surface area contributed by atoms with E-state index in [2.05, 4.69) is 33.5 Å². The minimum absolute atomic E-state index is 0.0543. The van der Waals surface area contributed by atoms with Crippen LogP contribution in [0.15, 0.2) is 22.7 Å². The first kappa shape index (κ1) is 13.6. The molecule has 1 amide bonds. The Hall–Kier alpha value is -0.870. The molecule has 1 heterocycles. The summed E-state index contributed by atoms with van der Waals surface area (Å²) in [5.74, 6) is 0.0543. The molecule has 4 heteroatoms. The fourth-order valence-electron chi connectivity index (χ4n) is 2.23. The van der Waals surface area contributed by atoms with E-state index in [-0.39, 0.29) is 11.9 Å². The lowest BCUT2D eigenvalue weighted by Gasteiger charge is -2.11. The number of halogens is 1. The SMILES string of the molecule is CCCCCCNC1C(=O)Nc2ccc(Br)cc21. The second-order valence-corrected chi connectivity index (χ2v) is 5.58. The van der Waals surface area contributed by atoms with Crippen molar-refractivity contribution in [1.82, 2.24) is 5.32 Å². The first-order chi connectivity index (χ1) is 8.72. The average molecular weight is 311 g/mol. The molecule has 0 saturated carbocycles. The third-order valence-corrected chi connectivity index (χ3v) is 3.72. The summed E-state index contributed by atoms with van der Waals surface area (Å²) < 4.78 is 1.01. The molecule has 18 heavy (non-hydrogen) atoms. The number of carbonyl (C=O) groups is 1. The topological polar surface area (TPSA) is 41.1 Å². The molecule has 1 atom stereocenters. The van der Waals surface area contributed by atoms with Gasteiger partial charge in [-0.25, -0.2) is 0 Å². The van der Waals surface area contributed by atoms with Gasteiger partial charge in [0.05, 0.1) is 0 Å². The molecule has 0 aliphatic carbocycles. The van der Waals surface area contributed by atoms with Crippen molar-refractivity contribution in [2.24, 2.45) is 0 Å². The van der Waals surface area contributed by atoms with Crippen molar-refractivity contribution in [3.8, 4) is 0 Å². The standard InChI is InChI=1S/C14H19BrN2O/c1-2-3-4-5-8-16-13-11-9-10(15)6-7-12(11)17-14(13)18/h6-7,9,13,16H,2-5,8H2,1H3,(H,17,18). The van der Waals surface area contributed by atoms with Gasteiger partial charge in [0, 0.05) is 15.7 Å². The maximum absolute atomic E-state index is 11.9. The molecule has 2 rings (SSSR count). The van der Waals surface area contributed by atoms with E-state index in [9.17, 15) is 4.79 Å².